The van der Waals surface area contributed by atoms with Gasteiger partial charge in [0, 0.05) is 19.5 Å². The Morgan fingerprint density at radius 2 is 1.25 bits per heavy atom. The van der Waals surface area contributed by atoms with Crippen molar-refractivity contribution in [1.29, 1.82) is 0 Å². The first kappa shape index (κ1) is 39.6. The van der Waals surface area contributed by atoms with Gasteiger partial charge in [-0.25, -0.2) is 0 Å². The first-order valence-corrected chi connectivity index (χ1v) is 0. The Bertz CT molecular complexity index is 13.5. The Morgan fingerprint density at radius 1 is 1.25 bits per heavy atom. The minimum atomic E-state index is 0. The topological polar surface area (TPSA) is 31.5 Å². The second-order valence-corrected chi connectivity index (χ2v) is 0. The fraction of sp³-hybridized carbons (Fsp3) is 0. The van der Waals surface area contributed by atoms with Crippen LogP contribution in [0.3, 0.4) is 0 Å². The molecule has 0 aliphatic heterocycles. The van der Waals surface area contributed by atoms with Crippen LogP contribution < -0.4 is 0 Å². The van der Waals surface area contributed by atoms with Crippen molar-refractivity contribution in [3.63, 3.8) is 0 Å². The molecule has 0 amide bonds. The molecule has 0 fully saturated rings. The van der Waals surface area contributed by atoms with Crippen molar-refractivity contribution in [3.05, 3.63) is 0 Å². The van der Waals surface area contributed by atoms with E-state index in [1.165, 1.54) is 0 Å². The molecule has 4 heteroatoms. The molecule has 0 rings (SSSR count). The van der Waals surface area contributed by atoms with Crippen molar-refractivity contribution in [2.75, 3.05) is 0 Å². The van der Waals surface area contributed by atoms with Crippen LogP contribution >= 0.6 is 0 Å². The molecular weight excluding hydrogens is 133 g/mol. The van der Waals surface area contributed by atoms with Crippen molar-refractivity contribution >= 4 is 40.4 Å². The molecule has 2 N–H and O–H groups in total. The van der Waals surface area contributed by atoms with Gasteiger partial charge in [-0.1, -0.05) is 0 Å². The zero-order valence-corrected chi connectivity index (χ0v) is 6.30. The Balaban J connectivity index is 0. The second-order valence-electron chi connectivity index (χ2n) is 0. The maximum atomic E-state index is 0. The van der Waals surface area contributed by atoms with Crippen LogP contribution in [0.4, 0.5) is 0 Å². The predicted molar refractivity (Wildman–Crippen MR) is 21.5 cm³/mol. The average molecular weight is 140 g/mol. The molecule has 1 nitrogen and oxygen atoms in total. The molecule has 0 aromatic heterocycles. The van der Waals surface area contributed by atoms with Crippen LogP contribution in [0.1, 0.15) is 2.85 Å². The van der Waals surface area contributed by atoms with E-state index < -0.39 is 0 Å². The van der Waals surface area contributed by atoms with Crippen LogP contribution in [0.15, 0.2) is 0 Å². The number of rotatable bonds is 0. The fourth-order valence-corrected chi connectivity index (χ4v) is 0. The zero-order chi connectivity index (χ0) is 0. The van der Waals surface area contributed by atoms with Crippen LogP contribution in [-0.2, 0) is 19.5 Å². The smallest absolute Gasteiger partial charge is 1.00 e. The summed E-state index contributed by atoms with van der Waals surface area (Å²) >= 11 is 0. The van der Waals surface area contributed by atoms with Gasteiger partial charge in [-0.3, -0.25) is 0 Å². The van der Waals surface area contributed by atoms with E-state index >= 15 is 0 Å². The van der Waals surface area contributed by atoms with Gasteiger partial charge in [-0.2, -0.15) is 0 Å². The van der Waals surface area contributed by atoms with E-state index in [0.717, 1.165) is 0 Å². The van der Waals surface area contributed by atoms with Gasteiger partial charge in [0.25, 0.3) is 0 Å². The Labute approximate surface area is 67.8 Å². The van der Waals surface area contributed by atoms with E-state index in [-0.39, 0.29) is 68.2 Å². The second kappa shape index (κ2) is 20.8. The third-order valence-corrected chi connectivity index (χ3v) is 0. The largest absolute Gasteiger partial charge is 2.00 e. The maximum absolute atomic E-state index is 0. The number of hydrogen-bond acceptors (Lipinski definition) is 0. The van der Waals surface area contributed by atoms with Crippen molar-refractivity contribution in [3.8, 4) is 0 Å². The van der Waals surface area contributed by atoms with Crippen molar-refractivity contribution in [2.45, 2.75) is 0 Å². The van der Waals surface area contributed by atoms with Gasteiger partial charge in [0.05, 0.1) is 0 Å². The normalized spacial score (nSPS) is 0. The quantitative estimate of drug-likeness (QED) is 0.343. The summed E-state index contributed by atoms with van der Waals surface area (Å²) in [5.41, 5.74) is 0. The maximum Gasteiger partial charge on any atom is 2.00 e. The van der Waals surface area contributed by atoms with E-state index in [2.05, 4.69) is 0 Å². The molecule has 0 aliphatic rings. The first-order chi connectivity index (χ1) is 0. The van der Waals surface area contributed by atoms with Gasteiger partial charge in [0.15, 0.2) is 17.4 Å². The zero-order valence-electron chi connectivity index (χ0n) is 3.91. The van der Waals surface area contributed by atoms with Crippen molar-refractivity contribution < 1.29 is 27.8 Å². The van der Waals surface area contributed by atoms with Gasteiger partial charge in [0.2, 0.25) is 0 Å². The summed E-state index contributed by atoms with van der Waals surface area (Å²) in [7, 11) is 0. The van der Waals surface area contributed by atoms with Gasteiger partial charge < -0.3 is 8.33 Å². The average Bonchev–Trinajstić information content (AvgIpc) is 0. The molecule has 0 atom stereocenters. The van der Waals surface area contributed by atoms with Crippen LogP contribution in [0, 0.1) is 0 Å². The Kier molecular flexibility index (Phi) is 206. The summed E-state index contributed by atoms with van der Waals surface area (Å²) in [4.78, 5) is 0. The molecule has 0 aromatic rings. The minimum absolute atomic E-state index is 0. The van der Waals surface area contributed by atoms with E-state index in [9.17, 15) is 0 Å². The molecule has 0 aliphatic carbocycles. The molecule has 20 valence electrons. The van der Waals surface area contributed by atoms with Gasteiger partial charge in [-0.05, 0) is 0 Å². The molecule has 0 saturated carbocycles. The van der Waals surface area contributed by atoms with Crippen LogP contribution in [-0.4, -0.2) is 45.9 Å². The van der Waals surface area contributed by atoms with Crippen molar-refractivity contribution in [1.82, 2.24) is 0 Å². The van der Waals surface area contributed by atoms with Crippen LogP contribution in [0.5, 0.6) is 0 Å². The number of hydrogen-bond donors (Lipinski definition) is 0. The van der Waals surface area contributed by atoms with E-state index in [1.807, 2.05) is 0 Å². The van der Waals surface area contributed by atoms with Crippen LogP contribution in [0.2, 0.25) is 0 Å². The molecule has 0 spiro atoms. The molecule has 0 aromatic carbocycles. The predicted octanol–water partition coefficient (Wildman–Crippen LogP) is -2.17. The van der Waals surface area contributed by atoms with Gasteiger partial charge in [0.1, 0.15) is 0 Å². The summed E-state index contributed by atoms with van der Waals surface area (Å²) in [5.74, 6) is 0. The van der Waals surface area contributed by atoms with E-state index in [4.69, 9.17) is 0 Å². The Hall–Kier alpha value is 1.88. The molecule has 0 saturated heterocycles. The summed E-state index contributed by atoms with van der Waals surface area (Å²) in [6.07, 6.45) is 0. The SMILES string of the molecule is O.[AlH3].[H-].[H-].[Mg+2].[Zn]. The molecular formula is H7AlMgOZn. The fourth-order valence-electron chi connectivity index (χ4n) is 0. The standard InChI is InChI=1S/Al.Mg.H2O.Zn.5H/h;;1H2;;;;;;/q;+2;;;;;;2*-1. The molecule has 0 radical (unpaired) electrons. The van der Waals surface area contributed by atoms with Gasteiger partial charge in [-0.15, -0.1) is 0 Å². The molecule has 4 heavy (non-hydrogen) atoms. The summed E-state index contributed by atoms with van der Waals surface area (Å²) in [6.45, 7) is 0. The third-order valence-electron chi connectivity index (χ3n) is 0. The molecule has 0 unspecified atom stereocenters. The van der Waals surface area contributed by atoms with E-state index in [1.54, 1.807) is 0 Å². The Morgan fingerprint density at radius 3 is 1.25 bits per heavy atom. The van der Waals surface area contributed by atoms with E-state index in [0.29, 0.717) is 0 Å². The van der Waals surface area contributed by atoms with Gasteiger partial charge >= 0.3 is 23.1 Å². The summed E-state index contributed by atoms with van der Waals surface area (Å²) < 4.78 is 0. The minimum Gasteiger partial charge on any atom is -1.00 e. The molecule has 0 heterocycles. The first-order valence-electron chi connectivity index (χ1n) is 0. The monoisotopic (exact) mass is 138 g/mol. The summed E-state index contributed by atoms with van der Waals surface area (Å²) in [6, 6.07) is 0. The van der Waals surface area contributed by atoms with Crippen LogP contribution in [0.25, 0.3) is 0 Å². The van der Waals surface area contributed by atoms with Crippen molar-refractivity contribution in [2.24, 2.45) is 0 Å². The summed E-state index contributed by atoms with van der Waals surface area (Å²) in [5, 5.41) is 0. The molecule has 0 bridgehead atoms. The third kappa shape index (κ3) is 9.10.